The average Bonchev–Trinajstić information content (AvgIpc) is 3.23. The van der Waals surface area contributed by atoms with Crippen LogP contribution in [0.25, 0.3) is 5.69 Å². The molecule has 9 heteroatoms. The van der Waals surface area contributed by atoms with Crippen LogP contribution in [0.4, 0.5) is 0 Å². The minimum absolute atomic E-state index is 0.267. The number of piperidine rings is 1. The van der Waals surface area contributed by atoms with Gasteiger partial charge in [-0.3, -0.25) is 9.69 Å². The molecule has 1 saturated heterocycles. The number of halogens is 2. The van der Waals surface area contributed by atoms with Crippen molar-refractivity contribution in [2.75, 3.05) is 20.2 Å². The maximum atomic E-state index is 13.0. The van der Waals surface area contributed by atoms with Crippen LogP contribution in [0.3, 0.4) is 0 Å². The lowest BCUT2D eigenvalue weighted by Crippen LogP contribution is -2.54. The summed E-state index contributed by atoms with van der Waals surface area (Å²) in [6.07, 6.45) is 3.52. The molecule has 2 N–H and O–H groups in total. The molecule has 2 aromatic carbocycles. The fourth-order valence-corrected chi connectivity index (χ4v) is 4.49. The predicted octanol–water partition coefficient (Wildman–Crippen LogP) is 3.86. The number of rotatable bonds is 6. The van der Waals surface area contributed by atoms with Gasteiger partial charge >= 0.3 is 0 Å². The van der Waals surface area contributed by atoms with Gasteiger partial charge in [-0.2, -0.15) is 0 Å². The van der Waals surface area contributed by atoms with Crippen LogP contribution in [0.1, 0.15) is 28.0 Å². The van der Waals surface area contributed by atoms with Gasteiger partial charge in [0.05, 0.1) is 37.0 Å². The topological polar surface area (TPSA) is 79.6 Å². The van der Waals surface area contributed by atoms with Crippen LogP contribution in [0, 0.1) is 6.92 Å². The summed E-state index contributed by atoms with van der Waals surface area (Å²) in [6.45, 7) is 3.74. The highest BCUT2D eigenvalue weighted by Crippen LogP contribution is 2.26. The van der Waals surface area contributed by atoms with Gasteiger partial charge in [0.15, 0.2) is 0 Å². The molecule has 2 atom stereocenters. The number of nitrogens with one attached hydrogen (secondary N) is 1. The molecule has 4 rings (SSSR count). The van der Waals surface area contributed by atoms with E-state index < -0.39 is 12.1 Å². The van der Waals surface area contributed by atoms with Crippen molar-refractivity contribution in [2.45, 2.75) is 32.0 Å². The molecule has 2 heterocycles. The summed E-state index contributed by atoms with van der Waals surface area (Å²) in [5, 5.41) is 14.7. The maximum absolute atomic E-state index is 13.0. The number of hydrogen-bond acceptors (Lipinski definition) is 5. The molecule has 7 nitrogen and oxygen atoms in total. The van der Waals surface area contributed by atoms with Gasteiger partial charge < -0.3 is 19.7 Å². The highest BCUT2D eigenvalue weighted by molar-refractivity contribution is 6.35. The Kier molecular flexibility index (Phi) is 7.24. The van der Waals surface area contributed by atoms with Crippen LogP contribution in [-0.4, -0.2) is 57.8 Å². The van der Waals surface area contributed by atoms with E-state index in [1.54, 1.807) is 31.6 Å². The molecule has 33 heavy (non-hydrogen) atoms. The summed E-state index contributed by atoms with van der Waals surface area (Å²) in [5.41, 5.74) is 3.09. The molecular formula is C24H26Cl2N4O3. The number of aryl methyl sites for hydroxylation is 1. The van der Waals surface area contributed by atoms with E-state index in [0.29, 0.717) is 47.4 Å². The Bertz CT molecular complexity index is 1150. The second kappa shape index (κ2) is 10.1. The Morgan fingerprint density at radius 3 is 2.79 bits per heavy atom. The van der Waals surface area contributed by atoms with Crippen LogP contribution >= 0.6 is 23.2 Å². The third kappa shape index (κ3) is 5.50. The Morgan fingerprint density at radius 2 is 2.09 bits per heavy atom. The van der Waals surface area contributed by atoms with E-state index in [4.69, 9.17) is 27.9 Å². The van der Waals surface area contributed by atoms with Crippen LogP contribution in [0.2, 0.25) is 10.0 Å². The zero-order valence-electron chi connectivity index (χ0n) is 18.5. The Labute approximate surface area is 202 Å². The van der Waals surface area contributed by atoms with Crippen molar-refractivity contribution in [1.29, 1.82) is 0 Å². The van der Waals surface area contributed by atoms with Crippen molar-refractivity contribution < 1.29 is 14.6 Å². The Balaban J connectivity index is 1.45. The number of amides is 1. The normalized spacial score (nSPS) is 18.8. The van der Waals surface area contributed by atoms with E-state index in [-0.39, 0.29) is 5.91 Å². The predicted molar refractivity (Wildman–Crippen MR) is 128 cm³/mol. The van der Waals surface area contributed by atoms with E-state index in [2.05, 4.69) is 15.2 Å². The number of aromatic nitrogens is 2. The van der Waals surface area contributed by atoms with Crippen LogP contribution in [-0.2, 0) is 6.54 Å². The number of hydrogen-bond donors (Lipinski definition) is 2. The van der Waals surface area contributed by atoms with Crippen molar-refractivity contribution in [3.05, 3.63) is 75.8 Å². The summed E-state index contributed by atoms with van der Waals surface area (Å²) in [5.74, 6) is 0.292. The zero-order chi connectivity index (χ0) is 23.5. The van der Waals surface area contributed by atoms with Gasteiger partial charge in [0, 0.05) is 41.4 Å². The number of nitrogens with zero attached hydrogens (tertiary/aromatic N) is 3. The maximum Gasteiger partial charge on any atom is 0.251 e. The number of ether oxygens (including phenoxy) is 1. The van der Waals surface area contributed by atoms with Gasteiger partial charge in [-0.25, -0.2) is 4.98 Å². The standard InChI is InChI=1S/C24H26Cl2N4O3/c1-15-11-30(14-27-15)21-6-4-16(9-23(21)33-2)24(32)28-20-13-29(8-7-22(20)31)12-17-3-5-18(25)10-19(17)26/h3-6,9-11,14,20,22,31H,7-8,12-13H2,1-2H3,(H,28,32). The molecular weight excluding hydrogens is 463 g/mol. The van der Waals surface area contributed by atoms with Gasteiger partial charge in [0.2, 0.25) is 0 Å². The molecule has 174 valence electrons. The number of methoxy groups -OCH3 is 1. The first-order chi connectivity index (χ1) is 15.8. The molecule has 0 spiro atoms. The van der Waals surface area contributed by atoms with Crippen molar-refractivity contribution in [1.82, 2.24) is 19.8 Å². The highest BCUT2D eigenvalue weighted by Gasteiger charge is 2.29. The largest absolute Gasteiger partial charge is 0.495 e. The smallest absolute Gasteiger partial charge is 0.251 e. The van der Waals surface area contributed by atoms with Gasteiger partial charge in [0.1, 0.15) is 5.75 Å². The Morgan fingerprint density at radius 1 is 1.27 bits per heavy atom. The zero-order valence-corrected chi connectivity index (χ0v) is 20.0. The van der Waals surface area contributed by atoms with E-state index in [1.807, 2.05) is 35.9 Å². The first-order valence-corrected chi connectivity index (χ1v) is 11.4. The monoisotopic (exact) mass is 488 g/mol. The van der Waals surface area contributed by atoms with Crippen LogP contribution < -0.4 is 10.1 Å². The molecule has 0 bridgehead atoms. The summed E-state index contributed by atoms with van der Waals surface area (Å²) < 4.78 is 7.35. The summed E-state index contributed by atoms with van der Waals surface area (Å²) >= 11 is 12.3. The van der Waals surface area contributed by atoms with Crippen molar-refractivity contribution >= 4 is 29.1 Å². The first kappa shape index (κ1) is 23.6. The molecule has 0 saturated carbocycles. The molecule has 1 aromatic heterocycles. The molecule has 1 aliphatic rings. The van der Waals surface area contributed by atoms with Crippen molar-refractivity contribution in [3.8, 4) is 11.4 Å². The molecule has 3 aromatic rings. The lowest BCUT2D eigenvalue weighted by molar-refractivity contribution is 0.0410. The fourth-order valence-electron chi connectivity index (χ4n) is 4.02. The van der Waals surface area contributed by atoms with Crippen LogP contribution in [0.5, 0.6) is 5.75 Å². The number of imidazole rings is 1. The summed E-state index contributed by atoms with van der Waals surface area (Å²) in [7, 11) is 1.56. The van der Waals surface area contributed by atoms with E-state index in [1.165, 1.54) is 0 Å². The quantitative estimate of drug-likeness (QED) is 0.550. The molecule has 0 aliphatic carbocycles. The highest BCUT2D eigenvalue weighted by atomic mass is 35.5. The molecule has 1 amide bonds. The first-order valence-electron chi connectivity index (χ1n) is 10.7. The molecule has 1 fully saturated rings. The molecule has 2 unspecified atom stereocenters. The van der Waals surface area contributed by atoms with E-state index in [0.717, 1.165) is 16.9 Å². The van der Waals surface area contributed by atoms with Gasteiger partial charge in [-0.1, -0.05) is 29.3 Å². The second-order valence-corrected chi connectivity index (χ2v) is 9.06. The lowest BCUT2D eigenvalue weighted by Gasteiger charge is -2.36. The number of carbonyl (C=O) groups excluding carboxylic acids is 1. The fraction of sp³-hybridized carbons (Fsp3) is 0.333. The van der Waals surface area contributed by atoms with Gasteiger partial charge in [-0.15, -0.1) is 0 Å². The molecule has 1 aliphatic heterocycles. The van der Waals surface area contributed by atoms with Crippen molar-refractivity contribution in [2.24, 2.45) is 0 Å². The summed E-state index contributed by atoms with van der Waals surface area (Å²) in [6, 6.07) is 10.3. The lowest BCUT2D eigenvalue weighted by atomic mass is 10.0. The van der Waals surface area contributed by atoms with Crippen LogP contribution in [0.15, 0.2) is 48.9 Å². The summed E-state index contributed by atoms with van der Waals surface area (Å²) in [4.78, 5) is 19.4. The minimum atomic E-state index is -0.624. The number of likely N-dealkylation sites (tertiary alicyclic amines) is 1. The van der Waals surface area contributed by atoms with E-state index in [9.17, 15) is 9.90 Å². The number of carbonyl (C=O) groups is 1. The number of aliphatic hydroxyl groups is 1. The molecule has 0 radical (unpaired) electrons. The third-order valence-corrected chi connectivity index (χ3v) is 6.40. The average molecular weight is 489 g/mol. The van der Waals surface area contributed by atoms with Crippen molar-refractivity contribution in [3.63, 3.8) is 0 Å². The van der Waals surface area contributed by atoms with Gasteiger partial charge in [0.25, 0.3) is 5.91 Å². The van der Waals surface area contributed by atoms with E-state index >= 15 is 0 Å². The van der Waals surface area contributed by atoms with Gasteiger partial charge in [-0.05, 0) is 49.2 Å². The Hall–Kier alpha value is -2.58. The number of aliphatic hydroxyl groups excluding tert-OH is 1. The number of benzene rings is 2. The second-order valence-electron chi connectivity index (χ2n) is 8.22. The minimum Gasteiger partial charge on any atom is -0.495 e. The third-order valence-electron chi connectivity index (χ3n) is 5.82. The SMILES string of the molecule is COc1cc(C(=O)NC2CN(Cc3ccc(Cl)cc3Cl)CCC2O)ccc1-n1cnc(C)c1.